The molecule has 0 radical (unpaired) electrons. The molecule has 2 heterocycles. The first-order valence-electron chi connectivity index (χ1n) is 9.13. The van der Waals surface area contributed by atoms with Crippen molar-refractivity contribution in [1.29, 1.82) is 0 Å². The van der Waals surface area contributed by atoms with Crippen LogP contribution in [0.1, 0.15) is 5.56 Å². The summed E-state index contributed by atoms with van der Waals surface area (Å²) in [6.45, 7) is 4.80. The van der Waals surface area contributed by atoms with Gasteiger partial charge >= 0.3 is 0 Å². The lowest BCUT2D eigenvalue weighted by atomic mass is 10.2. The number of aromatic nitrogens is 2. The average Bonchev–Trinajstić information content (AvgIpc) is 2.70. The smallest absolute Gasteiger partial charge is 0.229 e. The van der Waals surface area contributed by atoms with E-state index in [4.69, 9.17) is 0 Å². The van der Waals surface area contributed by atoms with Gasteiger partial charge in [0.05, 0.1) is 0 Å². The van der Waals surface area contributed by atoms with Gasteiger partial charge in [-0.2, -0.15) is 4.98 Å². The lowest BCUT2D eigenvalue weighted by Crippen LogP contribution is -2.46. The van der Waals surface area contributed by atoms with Crippen LogP contribution >= 0.6 is 0 Å². The summed E-state index contributed by atoms with van der Waals surface area (Å²) in [5, 5.41) is 3.07. The first-order chi connectivity index (χ1) is 13.3. The van der Waals surface area contributed by atoms with Crippen LogP contribution in [0.2, 0.25) is 0 Å². The minimum Gasteiger partial charge on any atom is -0.354 e. The fraction of sp³-hybridized carbons (Fsp3) is 0.238. The van der Waals surface area contributed by atoms with Crippen LogP contribution < -0.4 is 10.2 Å². The highest BCUT2D eigenvalue weighted by Crippen LogP contribution is 2.19. The molecule has 1 saturated heterocycles. The molecule has 0 atom stereocenters. The molecule has 0 saturated carbocycles. The summed E-state index contributed by atoms with van der Waals surface area (Å²) in [6, 6.07) is 18.8. The van der Waals surface area contributed by atoms with Crippen LogP contribution in [0.15, 0.2) is 66.9 Å². The van der Waals surface area contributed by atoms with Crippen molar-refractivity contribution in [3.05, 3.63) is 78.2 Å². The first-order valence-corrected chi connectivity index (χ1v) is 9.13. The van der Waals surface area contributed by atoms with Gasteiger partial charge in [-0.05, 0) is 29.8 Å². The summed E-state index contributed by atoms with van der Waals surface area (Å²) in [6.07, 6.45) is 1.74. The molecule has 2 aromatic carbocycles. The van der Waals surface area contributed by atoms with Gasteiger partial charge in [-0.3, -0.25) is 4.90 Å². The maximum absolute atomic E-state index is 13.3. The zero-order valence-corrected chi connectivity index (χ0v) is 15.1. The van der Waals surface area contributed by atoms with Crippen LogP contribution in [-0.2, 0) is 6.54 Å². The van der Waals surface area contributed by atoms with Crippen molar-refractivity contribution >= 4 is 17.5 Å². The fourth-order valence-corrected chi connectivity index (χ4v) is 3.26. The van der Waals surface area contributed by atoms with E-state index < -0.39 is 0 Å². The highest BCUT2D eigenvalue weighted by molar-refractivity contribution is 5.55. The van der Waals surface area contributed by atoms with Gasteiger partial charge in [0.25, 0.3) is 0 Å². The van der Waals surface area contributed by atoms with E-state index in [0.717, 1.165) is 38.5 Å². The Hall–Kier alpha value is -2.99. The first kappa shape index (κ1) is 17.4. The third-order valence-corrected chi connectivity index (χ3v) is 4.67. The maximum Gasteiger partial charge on any atom is 0.229 e. The van der Waals surface area contributed by atoms with Crippen LogP contribution in [0.4, 0.5) is 21.8 Å². The van der Waals surface area contributed by atoms with Gasteiger partial charge in [0.2, 0.25) is 5.95 Å². The molecule has 27 heavy (non-hydrogen) atoms. The van der Waals surface area contributed by atoms with Crippen LogP contribution in [0, 0.1) is 5.82 Å². The molecule has 0 spiro atoms. The fourth-order valence-electron chi connectivity index (χ4n) is 3.26. The summed E-state index contributed by atoms with van der Waals surface area (Å²) in [7, 11) is 0. The number of hydrogen-bond acceptors (Lipinski definition) is 5. The highest BCUT2D eigenvalue weighted by Gasteiger charge is 2.18. The maximum atomic E-state index is 13.3. The molecule has 1 aromatic heterocycles. The van der Waals surface area contributed by atoms with E-state index in [1.807, 2.05) is 12.1 Å². The molecule has 0 aliphatic carbocycles. The molecule has 1 aliphatic heterocycles. The van der Waals surface area contributed by atoms with Crippen molar-refractivity contribution < 1.29 is 4.39 Å². The second-order valence-electron chi connectivity index (χ2n) is 6.62. The number of rotatable bonds is 5. The Kier molecular flexibility index (Phi) is 5.25. The SMILES string of the molecule is Fc1cccc(Nc2nccc(N3CCN(Cc4ccccc4)CC3)n2)c1. The Bertz CT molecular complexity index is 879. The van der Waals surface area contributed by atoms with E-state index in [1.165, 1.54) is 17.7 Å². The molecular formula is C21H22FN5. The van der Waals surface area contributed by atoms with Gasteiger partial charge < -0.3 is 10.2 Å². The Morgan fingerprint density at radius 1 is 0.926 bits per heavy atom. The van der Waals surface area contributed by atoms with Crippen LogP contribution in [-0.4, -0.2) is 41.0 Å². The number of hydrogen-bond donors (Lipinski definition) is 1. The van der Waals surface area contributed by atoms with Crippen molar-refractivity contribution in [2.75, 3.05) is 36.4 Å². The largest absolute Gasteiger partial charge is 0.354 e. The standard InChI is InChI=1S/C21H22FN5/c22-18-7-4-8-19(15-18)24-21-23-10-9-20(25-21)27-13-11-26(12-14-27)16-17-5-2-1-3-6-17/h1-10,15H,11-14,16H2,(H,23,24,25). The normalized spacial score (nSPS) is 14.9. The van der Waals surface area contributed by atoms with Crippen molar-refractivity contribution in [2.45, 2.75) is 6.54 Å². The summed E-state index contributed by atoms with van der Waals surface area (Å²) in [5.74, 6) is 1.08. The van der Waals surface area contributed by atoms with E-state index in [0.29, 0.717) is 11.6 Å². The van der Waals surface area contributed by atoms with Gasteiger partial charge in [0.15, 0.2) is 0 Å². The van der Waals surface area contributed by atoms with Crippen molar-refractivity contribution in [3.8, 4) is 0 Å². The highest BCUT2D eigenvalue weighted by atomic mass is 19.1. The van der Waals surface area contributed by atoms with Crippen LogP contribution in [0.3, 0.4) is 0 Å². The van der Waals surface area contributed by atoms with Gasteiger partial charge in [-0.1, -0.05) is 36.4 Å². The Balaban J connectivity index is 1.37. The average molecular weight is 363 g/mol. The van der Waals surface area contributed by atoms with Crippen molar-refractivity contribution in [3.63, 3.8) is 0 Å². The third kappa shape index (κ3) is 4.60. The second kappa shape index (κ2) is 8.14. The Labute approximate surface area is 158 Å². The molecule has 4 rings (SSSR count). The molecule has 0 bridgehead atoms. The number of halogens is 1. The predicted molar refractivity (Wildman–Crippen MR) is 106 cm³/mol. The van der Waals surface area contributed by atoms with Gasteiger partial charge in [0, 0.05) is 44.6 Å². The minimum absolute atomic E-state index is 0.286. The molecule has 138 valence electrons. The number of benzene rings is 2. The number of nitrogens with one attached hydrogen (secondary N) is 1. The van der Waals surface area contributed by atoms with Gasteiger partial charge in [-0.25, -0.2) is 9.37 Å². The molecule has 1 fully saturated rings. The summed E-state index contributed by atoms with van der Waals surface area (Å²) in [5.41, 5.74) is 1.98. The lowest BCUT2D eigenvalue weighted by molar-refractivity contribution is 0.249. The van der Waals surface area contributed by atoms with Crippen LogP contribution in [0.5, 0.6) is 0 Å². The second-order valence-corrected chi connectivity index (χ2v) is 6.62. The predicted octanol–water partition coefficient (Wildman–Crippen LogP) is 3.68. The number of nitrogens with zero attached hydrogens (tertiary/aromatic N) is 4. The summed E-state index contributed by atoms with van der Waals surface area (Å²) >= 11 is 0. The molecule has 5 nitrogen and oxygen atoms in total. The Morgan fingerprint density at radius 3 is 2.52 bits per heavy atom. The topological polar surface area (TPSA) is 44.3 Å². The number of piperazine rings is 1. The minimum atomic E-state index is -0.286. The molecule has 0 amide bonds. The van der Waals surface area contributed by atoms with E-state index in [1.54, 1.807) is 18.3 Å². The van der Waals surface area contributed by atoms with E-state index in [9.17, 15) is 4.39 Å². The van der Waals surface area contributed by atoms with Gasteiger partial charge in [0.1, 0.15) is 11.6 Å². The Morgan fingerprint density at radius 2 is 1.74 bits per heavy atom. The van der Waals surface area contributed by atoms with Gasteiger partial charge in [-0.15, -0.1) is 0 Å². The summed E-state index contributed by atoms with van der Waals surface area (Å²) < 4.78 is 13.3. The summed E-state index contributed by atoms with van der Waals surface area (Å²) in [4.78, 5) is 13.6. The van der Waals surface area contributed by atoms with E-state index >= 15 is 0 Å². The number of anilines is 3. The zero-order valence-electron chi connectivity index (χ0n) is 15.1. The molecular weight excluding hydrogens is 341 g/mol. The van der Waals surface area contributed by atoms with Crippen molar-refractivity contribution in [2.24, 2.45) is 0 Å². The molecule has 3 aromatic rings. The molecule has 1 N–H and O–H groups in total. The lowest BCUT2D eigenvalue weighted by Gasteiger charge is -2.35. The quantitative estimate of drug-likeness (QED) is 0.749. The zero-order chi connectivity index (χ0) is 18.5. The van der Waals surface area contributed by atoms with Crippen LogP contribution in [0.25, 0.3) is 0 Å². The monoisotopic (exact) mass is 363 g/mol. The molecule has 6 heteroatoms. The van der Waals surface area contributed by atoms with Crippen molar-refractivity contribution in [1.82, 2.24) is 14.9 Å². The third-order valence-electron chi connectivity index (χ3n) is 4.67. The van der Waals surface area contributed by atoms with E-state index in [-0.39, 0.29) is 5.82 Å². The molecule has 1 aliphatic rings. The molecule has 0 unspecified atom stereocenters. The van der Waals surface area contributed by atoms with E-state index in [2.05, 4.69) is 49.4 Å².